The molecule has 0 spiro atoms. The third kappa shape index (κ3) is 8.18. The van der Waals surface area contributed by atoms with Crippen LogP contribution in [0.1, 0.15) is 26.7 Å². The van der Waals surface area contributed by atoms with Gasteiger partial charge in [0.1, 0.15) is 0 Å². The molecule has 0 saturated carbocycles. The van der Waals surface area contributed by atoms with Crippen LogP contribution in [0.3, 0.4) is 0 Å². The number of rotatable bonds is 6. The third-order valence-corrected chi connectivity index (χ3v) is 2.63. The van der Waals surface area contributed by atoms with Crippen molar-refractivity contribution in [2.24, 2.45) is 17.6 Å². The van der Waals surface area contributed by atoms with E-state index < -0.39 is 16.0 Å². The average Bonchev–Trinajstić information content (AvgIpc) is 1.95. The number of hydrogen-bond acceptors (Lipinski definition) is 3. The van der Waals surface area contributed by atoms with Gasteiger partial charge in [-0.2, -0.15) is 8.42 Å². The Kier molecular flexibility index (Phi) is 5.48. The first-order valence-electron chi connectivity index (χ1n) is 4.47. The second-order valence-electron chi connectivity index (χ2n) is 3.76. The summed E-state index contributed by atoms with van der Waals surface area (Å²) in [6, 6.07) is 0. The van der Waals surface area contributed by atoms with Gasteiger partial charge < -0.3 is 5.73 Å². The fraction of sp³-hybridized carbons (Fsp3) is 1.00. The van der Waals surface area contributed by atoms with Crippen LogP contribution in [0.4, 0.5) is 3.89 Å². The van der Waals surface area contributed by atoms with Crippen molar-refractivity contribution < 1.29 is 12.3 Å². The van der Waals surface area contributed by atoms with Gasteiger partial charge in [-0.05, 0) is 31.2 Å². The minimum Gasteiger partial charge on any atom is -0.330 e. The number of nitrogens with two attached hydrogens (primary N) is 1. The molecule has 0 radical (unpaired) electrons. The van der Waals surface area contributed by atoms with Crippen molar-refractivity contribution in [2.45, 2.75) is 26.7 Å². The largest absolute Gasteiger partial charge is 0.330 e. The van der Waals surface area contributed by atoms with Crippen LogP contribution in [0.15, 0.2) is 0 Å². The summed E-state index contributed by atoms with van der Waals surface area (Å²) in [4.78, 5) is 0. The summed E-state index contributed by atoms with van der Waals surface area (Å²) >= 11 is 0. The monoisotopic (exact) mass is 211 g/mol. The molecule has 5 heteroatoms. The van der Waals surface area contributed by atoms with Gasteiger partial charge in [0, 0.05) is 0 Å². The van der Waals surface area contributed by atoms with Crippen LogP contribution in [-0.2, 0) is 10.2 Å². The summed E-state index contributed by atoms with van der Waals surface area (Å²) in [5, 5.41) is 0. The maximum atomic E-state index is 12.2. The normalized spacial score (nSPS) is 14.8. The van der Waals surface area contributed by atoms with Crippen molar-refractivity contribution >= 4 is 10.2 Å². The first kappa shape index (κ1) is 12.8. The Balaban J connectivity index is 3.86. The van der Waals surface area contributed by atoms with Gasteiger partial charge in [-0.3, -0.25) is 0 Å². The predicted molar refractivity (Wildman–Crippen MR) is 51.5 cm³/mol. The van der Waals surface area contributed by atoms with Gasteiger partial charge in [0.2, 0.25) is 0 Å². The highest BCUT2D eigenvalue weighted by molar-refractivity contribution is 7.86. The Morgan fingerprint density at radius 1 is 1.38 bits per heavy atom. The Bertz CT molecular complexity index is 226. The molecule has 2 N–H and O–H groups in total. The van der Waals surface area contributed by atoms with E-state index in [2.05, 4.69) is 0 Å². The van der Waals surface area contributed by atoms with E-state index >= 15 is 0 Å². The molecular weight excluding hydrogens is 193 g/mol. The quantitative estimate of drug-likeness (QED) is 0.674. The van der Waals surface area contributed by atoms with Crippen LogP contribution in [0, 0.1) is 11.8 Å². The molecule has 1 atom stereocenters. The number of hydrogen-bond donors (Lipinski definition) is 1. The topological polar surface area (TPSA) is 60.2 Å². The molecule has 0 aliphatic rings. The van der Waals surface area contributed by atoms with Gasteiger partial charge >= 0.3 is 10.2 Å². The fourth-order valence-electron chi connectivity index (χ4n) is 1.31. The molecule has 3 nitrogen and oxygen atoms in total. The molecule has 0 aromatic rings. The van der Waals surface area contributed by atoms with Gasteiger partial charge in [-0.15, -0.1) is 3.89 Å². The first-order chi connectivity index (χ1) is 5.85. The molecule has 0 aromatic heterocycles. The lowest BCUT2D eigenvalue weighted by Crippen LogP contribution is -2.19. The Morgan fingerprint density at radius 3 is 2.23 bits per heavy atom. The van der Waals surface area contributed by atoms with E-state index in [0.717, 1.165) is 6.42 Å². The highest BCUT2D eigenvalue weighted by Gasteiger charge is 2.14. The van der Waals surface area contributed by atoms with E-state index in [9.17, 15) is 12.3 Å². The average molecular weight is 211 g/mol. The second-order valence-corrected chi connectivity index (χ2v) is 5.25. The van der Waals surface area contributed by atoms with Gasteiger partial charge in [-0.25, -0.2) is 0 Å². The second kappa shape index (κ2) is 5.54. The molecule has 1 unspecified atom stereocenters. The minimum absolute atomic E-state index is 0.116. The molecule has 0 aliphatic heterocycles. The summed E-state index contributed by atoms with van der Waals surface area (Å²) in [6.45, 7) is 4.49. The van der Waals surface area contributed by atoms with Crippen molar-refractivity contribution in [1.29, 1.82) is 0 Å². The van der Waals surface area contributed by atoms with Gasteiger partial charge in [0.05, 0.1) is 5.75 Å². The summed E-state index contributed by atoms with van der Waals surface area (Å²) in [7, 11) is -4.32. The van der Waals surface area contributed by atoms with E-state index in [1.54, 1.807) is 0 Å². The smallest absolute Gasteiger partial charge is 0.302 e. The highest BCUT2D eigenvalue weighted by atomic mass is 32.3. The van der Waals surface area contributed by atoms with E-state index in [1.807, 2.05) is 13.8 Å². The van der Waals surface area contributed by atoms with Crippen LogP contribution in [0.5, 0.6) is 0 Å². The summed E-state index contributed by atoms with van der Waals surface area (Å²) in [5.41, 5.74) is 5.43. The molecule has 0 amide bonds. The maximum absolute atomic E-state index is 12.2. The lowest BCUT2D eigenvalue weighted by molar-refractivity contribution is 0.404. The summed E-state index contributed by atoms with van der Waals surface area (Å²) in [6.07, 6.45) is 1.18. The third-order valence-electron chi connectivity index (χ3n) is 1.91. The lowest BCUT2D eigenvalue weighted by atomic mass is 9.95. The van der Waals surface area contributed by atoms with Gasteiger partial charge in [0.15, 0.2) is 0 Å². The van der Waals surface area contributed by atoms with Crippen LogP contribution < -0.4 is 5.73 Å². The molecule has 0 rings (SSSR count). The Morgan fingerprint density at radius 2 is 1.92 bits per heavy atom. The molecule has 13 heavy (non-hydrogen) atoms. The van der Waals surface area contributed by atoms with Crippen molar-refractivity contribution in [3.63, 3.8) is 0 Å². The van der Waals surface area contributed by atoms with E-state index in [0.29, 0.717) is 18.9 Å². The standard InChI is InChI=1S/C8H18FNO2S/c1-7(2)5-8(6-10)3-4-13(9,11)12/h7-8H,3-6,10H2,1-2H3. The minimum atomic E-state index is -4.32. The van der Waals surface area contributed by atoms with Crippen LogP contribution >= 0.6 is 0 Å². The van der Waals surface area contributed by atoms with E-state index in [-0.39, 0.29) is 5.92 Å². The summed E-state index contributed by atoms with van der Waals surface area (Å²) < 4.78 is 32.6. The molecule has 0 heterocycles. The van der Waals surface area contributed by atoms with Gasteiger partial charge in [0.25, 0.3) is 0 Å². The molecule has 0 aromatic carbocycles. The molecule has 0 fully saturated rings. The predicted octanol–water partition coefficient (Wildman–Crippen LogP) is 1.30. The fourth-order valence-corrected chi connectivity index (χ4v) is 1.92. The molecule has 0 bridgehead atoms. The van der Waals surface area contributed by atoms with Crippen LogP contribution in [0.2, 0.25) is 0 Å². The van der Waals surface area contributed by atoms with Crippen molar-refractivity contribution in [3.05, 3.63) is 0 Å². The number of halogens is 1. The van der Waals surface area contributed by atoms with Crippen molar-refractivity contribution in [1.82, 2.24) is 0 Å². The van der Waals surface area contributed by atoms with Crippen LogP contribution in [-0.4, -0.2) is 20.7 Å². The first-order valence-corrected chi connectivity index (χ1v) is 6.02. The zero-order valence-corrected chi connectivity index (χ0v) is 8.98. The SMILES string of the molecule is CC(C)CC(CN)CCS(=O)(=O)F. The lowest BCUT2D eigenvalue weighted by Gasteiger charge is -2.15. The zero-order chi connectivity index (χ0) is 10.5. The summed E-state index contributed by atoms with van der Waals surface area (Å²) in [5.74, 6) is 0.183. The van der Waals surface area contributed by atoms with Crippen LogP contribution in [0.25, 0.3) is 0 Å². The highest BCUT2D eigenvalue weighted by Crippen LogP contribution is 2.15. The molecule has 80 valence electrons. The molecular formula is C8H18FNO2S. The zero-order valence-electron chi connectivity index (χ0n) is 8.16. The maximum Gasteiger partial charge on any atom is 0.302 e. The molecule has 0 saturated heterocycles. The van der Waals surface area contributed by atoms with E-state index in [1.165, 1.54) is 0 Å². The van der Waals surface area contributed by atoms with Crippen molar-refractivity contribution in [3.8, 4) is 0 Å². The van der Waals surface area contributed by atoms with Crippen molar-refractivity contribution in [2.75, 3.05) is 12.3 Å². The Hall–Kier alpha value is -0.160. The van der Waals surface area contributed by atoms with E-state index in [4.69, 9.17) is 5.73 Å². The Labute approximate surface area is 79.7 Å². The van der Waals surface area contributed by atoms with Gasteiger partial charge in [-0.1, -0.05) is 13.8 Å². The molecule has 0 aliphatic carbocycles.